The predicted octanol–water partition coefficient (Wildman–Crippen LogP) is 2.24. The summed E-state index contributed by atoms with van der Waals surface area (Å²) in [5, 5.41) is 14.7. The van der Waals surface area contributed by atoms with Crippen LogP contribution in [0.4, 0.5) is 10.6 Å². The molecule has 0 radical (unpaired) electrons. The Kier molecular flexibility index (Phi) is 6.98. The molecule has 0 saturated carbocycles. The van der Waals surface area contributed by atoms with Gasteiger partial charge in [0.25, 0.3) is 0 Å². The van der Waals surface area contributed by atoms with Crippen molar-refractivity contribution in [2.75, 3.05) is 11.9 Å². The molecule has 2 amide bonds. The molecule has 0 aliphatic rings. The Morgan fingerprint density at radius 3 is 2.48 bits per heavy atom. The maximum Gasteiger partial charge on any atom is 0.408 e. The molecule has 25 heavy (non-hydrogen) atoms. The molecular formula is C17H30N4O4. The Morgan fingerprint density at radius 2 is 1.96 bits per heavy atom. The van der Waals surface area contributed by atoms with Crippen molar-refractivity contribution in [1.29, 1.82) is 0 Å². The highest BCUT2D eigenvalue weighted by Crippen LogP contribution is 2.17. The normalized spacial score (nSPS) is 13.2. The van der Waals surface area contributed by atoms with Crippen LogP contribution in [0.15, 0.2) is 12.5 Å². The number of nitrogens with zero attached hydrogens (tertiary/aromatic N) is 2. The number of nitrogens with one attached hydrogen (secondary N) is 2. The van der Waals surface area contributed by atoms with Crippen molar-refractivity contribution in [1.82, 2.24) is 14.9 Å². The van der Waals surface area contributed by atoms with E-state index in [1.54, 1.807) is 37.9 Å². The van der Waals surface area contributed by atoms with Crippen LogP contribution in [0.25, 0.3) is 0 Å². The largest absolute Gasteiger partial charge is 0.444 e. The van der Waals surface area contributed by atoms with Gasteiger partial charge < -0.3 is 25.0 Å². The van der Waals surface area contributed by atoms with Crippen molar-refractivity contribution in [2.45, 2.75) is 71.6 Å². The fourth-order valence-electron chi connectivity index (χ4n) is 2.02. The molecule has 0 aliphatic heterocycles. The van der Waals surface area contributed by atoms with Gasteiger partial charge >= 0.3 is 6.09 Å². The lowest BCUT2D eigenvalue weighted by Crippen LogP contribution is -2.45. The molecule has 1 heterocycles. The summed E-state index contributed by atoms with van der Waals surface area (Å²) in [5.74, 6) is -0.00150. The molecule has 0 bridgehead atoms. The van der Waals surface area contributed by atoms with E-state index in [-0.39, 0.29) is 12.5 Å². The molecule has 8 nitrogen and oxygen atoms in total. The van der Waals surface area contributed by atoms with E-state index in [9.17, 15) is 14.7 Å². The average Bonchev–Trinajstić information content (AvgIpc) is 2.94. The molecular weight excluding hydrogens is 324 g/mol. The summed E-state index contributed by atoms with van der Waals surface area (Å²) in [7, 11) is 0. The quantitative estimate of drug-likeness (QED) is 0.696. The van der Waals surface area contributed by atoms with Crippen LogP contribution in [0.2, 0.25) is 0 Å². The maximum atomic E-state index is 12.5. The van der Waals surface area contributed by atoms with Gasteiger partial charge in [-0.25, -0.2) is 9.78 Å². The fourth-order valence-corrected chi connectivity index (χ4v) is 2.02. The Hall–Kier alpha value is -2.09. The number of aromatic nitrogens is 2. The molecule has 1 atom stereocenters. The van der Waals surface area contributed by atoms with E-state index < -0.39 is 23.3 Å². The number of amides is 2. The molecule has 0 aliphatic carbocycles. The highest BCUT2D eigenvalue weighted by Gasteiger charge is 2.25. The van der Waals surface area contributed by atoms with Crippen LogP contribution in [0, 0.1) is 0 Å². The van der Waals surface area contributed by atoms with E-state index in [0.29, 0.717) is 12.2 Å². The van der Waals surface area contributed by atoms with Gasteiger partial charge in [0.15, 0.2) is 5.82 Å². The number of anilines is 1. The summed E-state index contributed by atoms with van der Waals surface area (Å²) in [5.41, 5.74) is -1.15. The van der Waals surface area contributed by atoms with Crippen LogP contribution in [0.3, 0.4) is 0 Å². The van der Waals surface area contributed by atoms with Gasteiger partial charge in [0, 0.05) is 6.20 Å². The van der Waals surface area contributed by atoms with E-state index >= 15 is 0 Å². The smallest absolute Gasteiger partial charge is 0.408 e. The summed E-state index contributed by atoms with van der Waals surface area (Å²) in [6.07, 6.45) is 3.76. The molecule has 3 N–H and O–H groups in total. The number of carbonyl (C=O) groups excluding carboxylic acids is 2. The molecule has 0 fully saturated rings. The first-order valence-electron chi connectivity index (χ1n) is 8.44. The van der Waals surface area contributed by atoms with Gasteiger partial charge in [-0.3, -0.25) is 4.79 Å². The van der Waals surface area contributed by atoms with Crippen LogP contribution in [-0.2, 0) is 15.1 Å². The number of rotatable bonds is 7. The third-order valence-electron chi connectivity index (χ3n) is 3.50. The summed E-state index contributed by atoms with van der Waals surface area (Å²) >= 11 is 0. The number of hydrogen-bond acceptors (Lipinski definition) is 5. The van der Waals surface area contributed by atoms with Gasteiger partial charge in [-0.2, -0.15) is 0 Å². The van der Waals surface area contributed by atoms with Gasteiger partial charge in [-0.05, 0) is 41.0 Å². The van der Waals surface area contributed by atoms with E-state index in [1.807, 2.05) is 20.8 Å². The molecule has 0 unspecified atom stereocenters. The molecule has 8 heteroatoms. The summed E-state index contributed by atoms with van der Waals surface area (Å²) < 4.78 is 6.92. The lowest BCUT2D eigenvalue weighted by Gasteiger charge is -2.23. The van der Waals surface area contributed by atoms with Gasteiger partial charge in [-0.1, -0.05) is 13.3 Å². The average molecular weight is 354 g/mol. The van der Waals surface area contributed by atoms with Crippen molar-refractivity contribution in [3.8, 4) is 0 Å². The number of aliphatic hydroxyl groups excluding tert-OH is 1. The van der Waals surface area contributed by atoms with Gasteiger partial charge in [0.2, 0.25) is 5.91 Å². The number of imidazole rings is 1. The Bertz CT molecular complexity index is 590. The van der Waals surface area contributed by atoms with Crippen molar-refractivity contribution < 1.29 is 19.4 Å². The second-order valence-corrected chi connectivity index (χ2v) is 7.61. The molecule has 0 spiro atoms. The SMILES string of the molecule is CCC[C@H](NC(=O)OC(C)(C)C)C(=O)Nc1cn(C(C)(C)CO)cn1. The van der Waals surface area contributed by atoms with Crippen LogP contribution in [-0.4, -0.2) is 44.9 Å². The molecule has 1 rings (SSSR count). The number of aliphatic hydroxyl groups is 1. The topological polar surface area (TPSA) is 105 Å². The zero-order valence-electron chi connectivity index (χ0n) is 15.9. The van der Waals surface area contributed by atoms with E-state index in [4.69, 9.17) is 4.74 Å². The van der Waals surface area contributed by atoms with Gasteiger partial charge in [-0.15, -0.1) is 0 Å². The third kappa shape index (κ3) is 6.74. The van der Waals surface area contributed by atoms with Crippen molar-refractivity contribution in [3.63, 3.8) is 0 Å². The second kappa shape index (κ2) is 8.33. The van der Waals surface area contributed by atoms with Crippen LogP contribution < -0.4 is 10.6 Å². The summed E-state index contributed by atoms with van der Waals surface area (Å²) in [4.78, 5) is 28.5. The monoisotopic (exact) mass is 354 g/mol. The number of carbonyl (C=O) groups is 2. The third-order valence-corrected chi connectivity index (χ3v) is 3.50. The standard InChI is InChI=1S/C17H30N4O4/c1-7-8-12(19-15(24)25-16(2,3)4)14(23)20-13-9-21(11-18-13)17(5,6)10-22/h9,11-12,22H,7-8,10H2,1-6H3,(H,19,24)(H,20,23)/t12-/m0/s1. The fraction of sp³-hybridized carbons (Fsp3) is 0.706. The Labute approximate surface area is 149 Å². The first kappa shape index (κ1) is 21.0. The summed E-state index contributed by atoms with van der Waals surface area (Å²) in [6, 6.07) is -0.712. The maximum absolute atomic E-state index is 12.5. The van der Waals surface area contributed by atoms with E-state index in [2.05, 4.69) is 15.6 Å². The first-order valence-corrected chi connectivity index (χ1v) is 8.44. The minimum atomic E-state index is -0.712. The second-order valence-electron chi connectivity index (χ2n) is 7.61. The summed E-state index contributed by atoms with van der Waals surface area (Å²) in [6.45, 7) is 10.9. The highest BCUT2D eigenvalue weighted by molar-refractivity contribution is 5.95. The number of ether oxygens (including phenoxy) is 1. The zero-order chi connectivity index (χ0) is 19.3. The lowest BCUT2D eigenvalue weighted by molar-refractivity contribution is -0.118. The van der Waals surface area contributed by atoms with Crippen molar-refractivity contribution in [2.24, 2.45) is 0 Å². The zero-order valence-corrected chi connectivity index (χ0v) is 15.9. The minimum Gasteiger partial charge on any atom is -0.444 e. The number of hydrogen-bond donors (Lipinski definition) is 3. The molecule has 0 aromatic carbocycles. The van der Waals surface area contributed by atoms with Gasteiger partial charge in [0.1, 0.15) is 11.6 Å². The van der Waals surface area contributed by atoms with Crippen LogP contribution >= 0.6 is 0 Å². The molecule has 142 valence electrons. The lowest BCUT2D eigenvalue weighted by atomic mass is 10.1. The van der Waals surface area contributed by atoms with Crippen molar-refractivity contribution >= 4 is 17.8 Å². The first-order chi connectivity index (χ1) is 11.5. The van der Waals surface area contributed by atoms with Gasteiger partial charge in [0.05, 0.1) is 18.5 Å². The Morgan fingerprint density at radius 1 is 1.32 bits per heavy atom. The highest BCUT2D eigenvalue weighted by atomic mass is 16.6. The van der Waals surface area contributed by atoms with Crippen LogP contribution in [0.1, 0.15) is 54.4 Å². The van der Waals surface area contributed by atoms with Crippen molar-refractivity contribution in [3.05, 3.63) is 12.5 Å². The molecule has 1 aromatic heterocycles. The predicted molar refractivity (Wildman–Crippen MR) is 95.3 cm³/mol. The number of alkyl carbamates (subject to hydrolysis) is 1. The van der Waals surface area contributed by atoms with E-state index in [0.717, 1.165) is 6.42 Å². The minimum absolute atomic E-state index is 0.0601. The molecule has 1 aromatic rings. The van der Waals surface area contributed by atoms with E-state index in [1.165, 1.54) is 0 Å². The molecule has 0 saturated heterocycles. The van der Waals surface area contributed by atoms with Crippen LogP contribution in [0.5, 0.6) is 0 Å². The Balaban J connectivity index is 2.75.